The Bertz CT molecular complexity index is 422. The lowest BCUT2D eigenvalue weighted by atomic mass is 9.92. The molecule has 0 unspecified atom stereocenters. The normalized spacial score (nSPS) is 16.9. The maximum absolute atomic E-state index is 6.00. The van der Waals surface area contributed by atoms with Crippen LogP contribution in [0.3, 0.4) is 0 Å². The van der Waals surface area contributed by atoms with Crippen molar-refractivity contribution in [1.29, 1.82) is 0 Å². The summed E-state index contributed by atoms with van der Waals surface area (Å²) in [6.07, 6.45) is 6.05. The van der Waals surface area contributed by atoms with E-state index in [1.165, 1.54) is 25.7 Å². The highest BCUT2D eigenvalue weighted by Crippen LogP contribution is 2.28. The Morgan fingerprint density at radius 1 is 1.21 bits per heavy atom. The van der Waals surface area contributed by atoms with E-state index < -0.39 is 0 Å². The zero-order valence-electron chi connectivity index (χ0n) is 12.4. The smallest absolute Gasteiger partial charge is 0.137 e. The molecule has 0 saturated carbocycles. The Balaban J connectivity index is 2.12. The fourth-order valence-electron chi connectivity index (χ4n) is 2.88. The van der Waals surface area contributed by atoms with Crippen LogP contribution in [-0.2, 0) is 6.42 Å². The number of piperidine rings is 1. The van der Waals surface area contributed by atoms with Crippen LogP contribution in [0.5, 0.6) is 0 Å². The summed E-state index contributed by atoms with van der Waals surface area (Å²) in [5, 5.41) is 0. The Kier molecular flexibility index (Phi) is 4.61. The molecule has 1 aromatic rings. The molecule has 0 amide bonds. The molecule has 1 aliphatic heterocycles. The van der Waals surface area contributed by atoms with Gasteiger partial charge in [0.2, 0.25) is 0 Å². The van der Waals surface area contributed by atoms with E-state index in [0.29, 0.717) is 5.82 Å². The van der Waals surface area contributed by atoms with Crippen molar-refractivity contribution in [3.05, 3.63) is 11.4 Å². The van der Waals surface area contributed by atoms with Gasteiger partial charge in [-0.1, -0.05) is 26.7 Å². The lowest BCUT2D eigenvalue weighted by Crippen LogP contribution is -2.35. The minimum atomic E-state index is 0.637. The first-order valence-electron chi connectivity index (χ1n) is 7.53. The van der Waals surface area contributed by atoms with Gasteiger partial charge < -0.3 is 10.6 Å². The van der Waals surface area contributed by atoms with Crippen LogP contribution < -0.4 is 10.6 Å². The summed E-state index contributed by atoms with van der Waals surface area (Å²) >= 11 is 0. The number of nitrogens with zero attached hydrogens (tertiary/aromatic N) is 3. The highest BCUT2D eigenvalue weighted by molar-refractivity contribution is 5.56. The first-order valence-corrected chi connectivity index (χ1v) is 7.53. The van der Waals surface area contributed by atoms with Crippen molar-refractivity contribution in [1.82, 2.24) is 9.97 Å². The van der Waals surface area contributed by atoms with E-state index in [1.807, 2.05) is 6.92 Å². The van der Waals surface area contributed by atoms with E-state index in [0.717, 1.165) is 42.6 Å². The van der Waals surface area contributed by atoms with E-state index in [1.54, 1.807) is 0 Å². The van der Waals surface area contributed by atoms with Crippen molar-refractivity contribution in [2.45, 2.75) is 52.9 Å². The first kappa shape index (κ1) is 14.1. The van der Waals surface area contributed by atoms with Gasteiger partial charge in [-0.2, -0.15) is 0 Å². The molecule has 1 fully saturated rings. The van der Waals surface area contributed by atoms with Gasteiger partial charge in [0.05, 0.1) is 0 Å². The van der Waals surface area contributed by atoms with Crippen LogP contribution in [0.4, 0.5) is 11.6 Å². The van der Waals surface area contributed by atoms with E-state index in [9.17, 15) is 0 Å². The first-order chi connectivity index (χ1) is 9.15. The number of hydrogen-bond donors (Lipinski definition) is 1. The lowest BCUT2D eigenvalue weighted by molar-refractivity contribution is 0.377. The molecule has 4 heteroatoms. The van der Waals surface area contributed by atoms with Crippen LogP contribution >= 0.6 is 0 Å². The van der Waals surface area contributed by atoms with Gasteiger partial charge in [-0.25, -0.2) is 9.97 Å². The minimum Gasteiger partial charge on any atom is -0.383 e. The number of hydrogen-bond acceptors (Lipinski definition) is 4. The predicted molar refractivity (Wildman–Crippen MR) is 80.4 cm³/mol. The van der Waals surface area contributed by atoms with E-state index >= 15 is 0 Å². The molecule has 0 radical (unpaired) electrons. The largest absolute Gasteiger partial charge is 0.383 e. The van der Waals surface area contributed by atoms with Crippen molar-refractivity contribution < 1.29 is 0 Å². The highest BCUT2D eigenvalue weighted by Gasteiger charge is 2.22. The van der Waals surface area contributed by atoms with Crippen molar-refractivity contribution in [3.63, 3.8) is 0 Å². The number of aryl methyl sites for hydroxylation is 1. The number of anilines is 2. The third kappa shape index (κ3) is 3.17. The molecule has 2 N–H and O–H groups in total. The third-order valence-electron chi connectivity index (χ3n) is 4.13. The monoisotopic (exact) mass is 262 g/mol. The van der Waals surface area contributed by atoms with Crippen LogP contribution in [0.15, 0.2) is 0 Å². The number of nitrogen functional groups attached to an aromatic ring is 1. The molecule has 2 rings (SSSR count). The topological polar surface area (TPSA) is 55.0 Å². The second-order valence-electron chi connectivity index (χ2n) is 5.55. The quantitative estimate of drug-likeness (QED) is 0.906. The van der Waals surface area contributed by atoms with E-state index in [-0.39, 0.29) is 0 Å². The third-order valence-corrected chi connectivity index (χ3v) is 4.13. The molecule has 1 saturated heterocycles. The van der Waals surface area contributed by atoms with Crippen LogP contribution in [0.1, 0.15) is 50.9 Å². The molecule has 0 atom stereocenters. The summed E-state index contributed by atoms with van der Waals surface area (Å²) in [7, 11) is 0. The van der Waals surface area contributed by atoms with Gasteiger partial charge >= 0.3 is 0 Å². The summed E-state index contributed by atoms with van der Waals surface area (Å²) in [4.78, 5) is 11.4. The van der Waals surface area contributed by atoms with E-state index in [4.69, 9.17) is 5.73 Å². The Hall–Kier alpha value is -1.32. The molecule has 106 valence electrons. The summed E-state index contributed by atoms with van der Waals surface area (Å²) in [5.74, 6) is 3.44. The Labute approximate surface area is 116 Å². The van der Waals surface area contributed by atoms with Gasteiger partial charge in [-0.15, -0.1) is 0 Å². The molecule has 0 spiro atoms. The van der Waals surface area contributed by atoms with Crippen molar-refractivity contribution in [3.8, 4) is 0 Å². The average molecular weight is 262 g/mol. The van der Waals surface area contributed by atoms with Gasteiger partial charge in [-0.3, -0.25) is 0 Å². The number of rotatable bonds is 4. The molecule has 0 aromatic carbocycles. The van der Waals surface area contributed by atoms with E-state index in [2.05, 4.69) is 28.7 Å². The van der Waals surface area contributed by atoms with Gasteiger partial charge in [0.15, 0.2) is 0 Å². The fourth-order valence-corrected chi connectivity index (χ4v) is 2.88. The zero-order chi connectivity index (χ0) is 13.8. The fraction of sp³-hybridized carbons (Fsp3) is 0.733. The second-order valence-corrected chi connectivity index (χ2v) is 5.55. The molecular weight excluding hydrogens is 236 g/mol. The summed E-state index contributed by atoms with van der Waals surface area (Å²) < 4.78 is 0. The van der Waals surface area contributed by atoms with Crippen LogP contribution in [-0.4, -0.2) is 23.1 Å². The van der Waals surface area contributed by atoms with Crippen molar-refractivity contribution in [2.24, 2.45) is 5.92 Å². The van der Waals surface area contributed by atoms with Crippen molar-refractivity contribution >= 4 is 11.6 Å². The standard InChI is InChI=1S/C15H26N4/c1-4-6-12-7-9-19(10-8-12)15-11(3)14(16)17-13(5-2)18-15/h12H,4-10H2,1-3H3,(H2,16,17,18). The molecule has 0 bridgehead atoms. The maximum Gasteiger partial charge on any atom is 0.137 e. The summed E-state index contributed by atoms with van der Waals surface area (Å²) in [6, 6.07) is 0. The molecule has 1 aliphatic rings. The van der Waals surface area contributed by atoms with Gasteiger partial charge in [0.1, 0.15) is 17.5 Å². The molecule has 0 aliphatic carbocycles. The highest BCUT2D eigenvalue weighted by atomic mass is 15.2. The molecule has 2 heterocycles. The van der Waals surface area contributed by atoms with Gasteiger partial charge in [0, 0.05) is 25.1 Å². The average Bonchev–Trinajstić information content (AvgIpc) is 2.43. The van der Waals surface area contributed by atoms with Gasteiger partial charge in [-0.05, 0) is 25.7 Å². The zero-order valence-corrected chi connectivity index (χ0v) is 12.4. The second kappa shape index (κ2) is 6.22. The Morgan fingerprint density at radius 3 is 2.47 bits per heavy atom. The van der Waals surface area contributed by atoms with Crippen molar-refractivity contribution in [2.75, 3.05) is 23.7 Å². The number of aromatic nitrogens is 2. The number of nitrogens with two attached hydrogens (primary N) is 1. The van der Waals surface area contributed by atoms with Crippen LogP contribution in [0, 0.1) is 12.8 Å². The van der Waals surface area contributed by atoms with Crippen LogP contribution in [0.2, 0.25) is 0 Å². The molecule has 19 heavy (non-hydrogen) atoms. The van der Waals surface area contributed by atoms with Crippen LogP contribution in [0.25, 0.3) is 0 Å². The summed E-state index contributed by atoms with van der Waals surface area (Å²) in [5.41, 5.74) is 7.03. The lowest BCUT2D eigenvalue weighted by Gasteiger charge is -2.33. The molecule has 4 nitrogen and oxygen atoms in total. The Morgan fingerprint density at radius 2 is 1.89 bits per heavy atom. The predicted octanol–water partition coefficient (Wildman–Crippen LogP) is 2.95. The molecule has 1 aromatic heterocycles. The molecular formula is C15H26N4. The summed E-state index contributed by atoms with van der Waals surface area (Å²) in [6.45, 7) is 8.58. The SMILES string of the molecule is CCCC1CCN(c2nc(CC)nc(N)c2C)CC1. The van der Waals surface area contributed by atoms with Gasteiger partial charge in [0.25, 0.3) is 0 Å². The maximum atomic E-state index is 6.00. The minimum absolute atomic E-state index is 0.637.